The minimum absolute atomic E-state index is 0.368. The molecular formula is C18H24N6. The Kier molecular flexibility index (Phi) is 2.20. The van der Waals surface area contributed by atoms with Gasteiger partial charge in [0.1, 0.15) is 18.5 Å². The second-order valence-corrected chi connectivity index (χ2v) is 8.89. The highest BCUT2D eigenvalue weighted by Gasteiger charge is 2.61. The van der Waals surface area contributed by atoms with Gasteiger partial charge < -0.3 is 0 Å². The summed E-state index contributed by atoms with van der Waals surface area (Å²) in [7, 11) is 0. The molecule has 4 aliphatic heterocycles. The van der Waals surface area contributed by atoms with E-state index in [0.717, 1.165) is 0 Å². The molecule has 7 rings (SSSR count). The molecule has 0 radical (unpaired) electrons. The summed E-state index contributed by atoms with van der Waals surface area (Å²) in [4.78, 5) is 0. The molecule has 4 fully saturated rings. The van der Waals surface area contributed by atoms with Crippen LogP contribution in [0.25, 0.3) is 0 Å². The molecule has 0 aromatic carbocycles. The van der Waals surface area contributed by atoms with Crippen molar-refractivity contribution < 1.29 is 0 Å². The van der Waals surface area contributed by atoms with Gasteiger partial charge in [-0.15, -0.1) is 0 Å². The van der Waals surface area contributed by atoms with E-state index >= 15 is 0 Å². The molecular weight excluding hydrogens is 300 g/mol. The second kappa shape index (κ2) is 4.14. The molecule has 24 heavy (non-hydrogen) atoms. The third-order valence-electron chi connectivity index (χ3n) is 8.10. The van der Waals surface area contributed by atoms with Crippen molar-refractivity contribution in [3.05, 3.63) is 0 Å². The number of hydrogen-bond acceptors (Lipinski definition) is 6. The molecule has 7 aliphatic rings. The van der Waals surface area contributed by atoms with Crippen LogP contribution in [0.5, 0.6) is 0 Å². The fraction of sp³-hybridized carbons (Fsp3) is 0.833. The summed E-state index contributed by atoms with van der Waals surface area (Å²) in [5.74, 6) is 4.17. The van der Waals surface area contributed by atoms with E-state index in [9.17, 15) is 0 Å². The van der Waals surface area contributed by atoms with E-state index in [1.165, 1.54) is 38.5 Å². The minimum atomic E-state index is 0.368. The van der Waals surface area contributed by atoms with Crippen molar-refractivity contribution in [1.82, 2.24) is 15.0 Å². The summed E-state index contributed by atoms with van der Waals surface area (Å²) < 4.78 is 0. The standard InChI is InChI=1S/C18H24N6/c1-4-13-10(1)7-19-22-16(13)23-18(15-6-3-11(15)8-20-23)24-17(22)14-5-2-12(14)9-21-24/h7-18H,1-6H2. The molecule has 4 heterocycles. The van der Waals surface area contributed by atoms with E-state index in [0.29, 0.717) is 54.0 Å². The minimum Gasteiger partial charge on any atom is -0.249 e. The predicted molar refractivity (Wildman–Crippen MR) is 91.0 cm³/mol. The van der Waals surface area contributed by atoms with Crippen LogP contribution in [0.3, 0.4) is 0 Å². The van der Waals surface area contributed by atoms with Crippen LogP contribution in [0.15, 0.2) is 15.3 Å². The van der Waals surface area contributed by atoms with Crippen LogP contribution < -0.4 is 0 Å². The third-order valence-corrected chi connectivity index (χ3v) is 8.10. The number of hydrazone groups is 3. The molecule has 6 atom stereocenters. The predicted octanol–water partition coefficient (Wildman–Crippen LogP) is 1.96. The van der Waals surface area contributed by atoms with Crippen LogP contribution in [0.2, 0.25) is 0 Å². The monoisotopic (exact) mass is 324 g/mol. The fourth-order valence-corrected chi connectivity index (χ4v) is 6.23. The average molecular weight is 324 g/mol. The molecule has 0 aromatic heterocycles. The van der Waals surface area contributed by atoms with Crippen LogP contribution in [0.1, 0.15) is 38.5 Å². The maximum Gasteiger partial charge on any atom is 0.142 e. The third kappa shape index (κ3) is 1.32. The highest BCUT2D eigenvalue weighted by atomic mass is 15.8. The van der Waals surface area contributed by atoms with E-state index in [1.54, 1.807) is 0 Å². The summed E-state index contributed by atoms with van der Waals surface area (Å²) in [6.07, 6.45) is 15.7. The summed E-state index contributed by atoms with van der Waals surface area (Å²) in [5.41, 5.74) is 0. The first-order valence-electron chi connectivity index (χ1n) is 9.87. The summed E-state index contributed by atoms with van der Waals surface area (Å²) in [5, 5.41) is 22.1. The van der Waals surface area contributed by atoms with Crippen LogP contribution in [-0.4, -0.2) is 52.2 Å². The van der Waals surface area contributed by atoms with Gasteiger partial charge in [-0.1, -0.05) is 0 Å². The van der Waals surface area contributed by atoms with Crippen molar-refractivity contribution in [3.63, 3.8) is 0 Å². The first-order chi connectivity index (χ1) is 11.9. The van der Waals surface area contributed by atoms with E-state index in [4.69, 9.17) is 15.3 Å². The lowest BCUT2D eigenvalue weighted by atomic mass is 9.66. The van der Waals surface area contributed by atoms with Gasteiger partial charge in [-0.05, 0) is 38.5 Å². The van der Waals surface area contributed by atoms with Gasteiger partial charge in [-0.2, -0.15) is 15.3 Å². The quantitative estimate of drug-likeness (QED) is 0.684. The topological polar surface area (TPSA) is 46.8 Å². The highest BCUT2D eigenvalue weighted by molar-refractivity contribution is 5.66. The Hall–Kier alpha value is -1.59. The summed E-state index contributed by atoms with van der Waals surface area (Å²) in [6.45, 7) is 0. The molecule has 0 bridgehead atoms. The molecule has 3 saturated carbocycles. The Morgan fingerprint density at radius 1 is 0.500 bits per heavy atom. The van der Waals surface area contributed by atoms with Crippen molar-refractivity contribution in [2.24, 2.45) is 50.8 Å². The number of fused-ring (bicyclic) bond motifs is 12. The second-order valence-electron chi connectivity index (χ2n) is 8.89. The number of hydrogen-bond donors (Lipinski definition) is 0. The Morgan fingerprint density at radius 3 is 1.08 bits per heavy atom. The zero-order valence-corrected chi connectivity index (χ0v) is 13.9. The normalized spacial score (nSPS) is 55.0. The first-order valence-corrected chi connectivity index (χ1v) is 9.87. The van der Waals surface area contributed by atoms with E-state index in [-0.39, 0.29) is 0 Å². The van der Waals surface area contributed by atoms with Gasteiger partial charge >= 0.3 is 0 Å². The molecule has 6 nitrogen and oxygen atoms in total. The van der Waals surface area contributed by atoms with Crippen molar-refractivity contribution in [1.29, 1.82) is 0 Å². The molecule has 0 amide bonds. The van der Waals surface area contributed by atoms with Gasteiger partial charge in [0.2, 0.25) is 0 Å². The molecule has 0 N–H and O–H groups in total. The lowest BCUT2D eigenvalue weighted by Crippen LogP contribution is -2.77. The highest BCUT2D eigenvalue weighted by Crippen LogP contribution is 2.54. The van der Waals surface area contributed by atoms with Gasteiger partial charge in [-0.25, -0.2) is 15.0 Å². The first kappa shape index (κ1) is 12.7. The van der Waals surface area contributed by atoms with E-state index in [2.05, 4.69) is 33.7 Å². The van der Waals surface area contributed by atoms with Gasteiger partial charge in [-0.3, -0.25) is 0 Å². The Labute approximate surface area is 142 Å². The zero-order valence-electron chi connectivity index (χ0n) is 13.9. The summed E-state index contributed by atoms with van der Waals surface area (Å²) >= 11 is 0. The Bertz CT molecular complexity index is 570. The number of rotatable bonds is 0. The van der Waals surface area contributed by atoms with Crippen LogP contribution in [-0.2, 0) is 0 Å². The number of nitrogens with zero attached hydrogens (tertiary/aromatic N) is 6. The molecule has 6 unspecified atom stereocenters. The van der Waals surface area contributed by atoms with Crippen LogP contribution in [0, 0.1) is 35.5 Å². The molecule has 0 spiro atoms. The van der Waals surface area contributed by atoms with Crippen LogP contribution in [0.4, 0.5) is 0 Å². The van der Waals surface area contributed by atoms with E-state index < -0.39 is 0 Å². The molecule has 6 heteroatoms. The van der Waals surface area contributed by atoms with Crippen molar-refractivity contribution >= 4 is 18.6 Å². The van der Waals surface area contributed by atoms with Gasteiger partial charge in [0.25, 0.3) is 0 Å². The molecule has 3 aliphatic carbocycles. The fourth-order valence-electron chi connectivity index (χ4n) is 6.23. The van der Waals surface area contributed by atoms with Crippen molar-refractivity contribution in [2.45, 2.75) is 57.0 Å². The van der Waals surface area contributed by atoms with E-state index in [1.807, 2.05) is 0 Å². The van der Waals surface area contributed by atoms with Gasteiger partial charge in [0, 0.05) is 54.2 Å². The molecule has 0 aromatic rings. The van der Waals surface area contributed by atoms with Gasteiger partial charge in [0.05, 0.1) is 0 Å². The van der Waals surface area contributed by atoms with Crippen molar-refractivity contribution in [3.8, 4) is 0 Å². The molecule has 1 saturated heterocycles. The Balaban J connectivity index is 1.39. The lowest BCUT2D eigenvalue weighted by Gasteiger charge is -2.66. The zero-order chi connectivity index (χ0) is 15.4. The Morgan fingerprint density at radius 2 is 0.833 bits per heavy atom. The summed E-state index contributed by atoms with van der Waals surface area (Å²) in [6, 6.07) is 0. The SMILES string of the molecule is C1=NN2C3C4CCC4C=NN3C3C4CCC4C=NN3C2C2CCC12. The van der Waals surface area contributed by atoms with Gasteiger partial charge in [0.15, 0.2) is 0 Å². The van der Waals surface area contributed by atoms with Crippen molar-refractivity contribution in [2.75, 3.05) is 0 Å². The average Bonchev–Trinajstić information content (AvgIpc) is 2.49. The smallest absolute Gasteiger partial charge is 0.142 e. The maximum atomic E-state index is 4.97. The molecule has 126 valence electrons. The largest absolute Gasteiger partial charge is 0.249 e. The lowest BCUT2D eigenvalue weighted by molar-refractivity contribution is -0.258. The van der Waals surface area contributed by atoms with Crippen LogP contribution >= 0.6 is 0 Å². The maximum absolute atomic E-state index is 4.97.